The summed E-state index contributed by atoms with van der Waals surface area (Å²) in [5, 5.41) is 3.10. The van der Waals surface area contributed by atoms with Gasteiger partial charge in [-0.2, -0.15) is 0 Å². The molecule has 3 N–H and O–H groups in total. The molecule has 0 aromatic carbocycles. The van der Waals surface area contributed by atoms with Crippen LogP contribution < -0.4 is 11.1 Å². The molecule has 2 saturated carbocycles. The molecule has 0 aromatic heterocycles. The molecule has 4 nitrogen and oxygen atoms in total. The second kappa shape index (κ2) is 4.25. The fourth-order valence-corrected chi connectivity index (χ4v) is 3.37. The minimum absolute atomic E-state index is 0.0217. The maximum atomic E-state index is 12.0. The lowest BCUT2D eigenvalue weighted by Gasteiger charge is -2.24. The number of fused-ring (bicyclic) bond motifs is 1. The van der Waals surface area contributed by atoms with Crippen molar-refractivity contribution >= 4 is 5.91 Å². The number of hydrogen-bond acceptors (Lipinski definition) is 3. The first-order valence-corrected chi connectivity index (χ1v) is 6.95. The van der Waals surface area contributed by atoms with Gasteiger partial charge in [0, 0.05) is 25.2 Å². The Bertz CT molecular complexity index is 316. The van der Waals surface area contributed by atoms with Crippen LogP contribution in [0.15, 0.2) is 0 Å². The highest BCUT2D eigenvalue weighted by molar-refractivity contribution is 5.81. The van der Waals surface area contributed by atoms with Crippen LogP contribution in [0.3, 0.4) is 0 Å². The number of nitrogens with one attached hydrogen (secondary N) is 1. The molecule has 2 aliphatic carbocycles. The van der Waals surface area contributed by atoms with Crippen molar-refractivity contribution in [3.8, 4) is 0 Å². The first kappa shape index (κ1) is 11.5. The number of carbonyl (C=O) groups is 1. The monoisotopic (exact) mass is 237 g/mol. The van der Waals surface area contributed by atoms with Crippen LogP contribution in [0, 0.1) is 11.8 Å². The molecule has 1 saturated heterocycles. The maximum absolute atomic E-state index is 12.0. The summed E-state index contributed by atoms with van der Waals surface area (Å²) >= 11 is 0. The van der Waals surface area contributed by atoms with Gasteiger partial charge in [-0.3, -0.25) is 9.69 Å². The van der Waals surface area contributed by atoms with Crippen LogP contribution in [-0.2, 0) is 4.79 Å². The van der Waals surface area contributed by atoms with E-state index in [1.165, 1.54) is 12.8 Å². The Morgan fingerprint density at radius 2 is 2.06 bits per heavy atom. The quantitative estimate of drug-likeness (QED) is 0.743. The molecule has 4 atom stereocenters. The molecular formula is C13H23N3O. The standard InChI is InChI=1S/C13H23N3O/c1-8(13(17)15-10-3-4-10)16-6-9-2-5-12(14)11(9)7-16/h8-12H,2-7,14H2,1H3,(H,15,17). The molecule has 4 heteroatoms. The van der Waals surface area contributed by atoms with Gasteiger partial charge in [0.25, 0.3) is 0 Å². The van der Waals surface area contributed by atoms with Crippen LogP contribution in [0.25, 0.3) is 0 Å². The lowest BCUT2D eigenvalue weighted by Crippen LogP contribution is -2.45. The molecule has 96 valence electrons. The van der Waals surface area contributed by atoms with Gasteiger partial charge in [-0.25, -0.2) is 0 Å². The number of likely N-dealkylation sites (tertiary alicyclic amines) is 1. The van der Waals surface area contributed by atoms with E-state index in [9.17, 15) is 4.79 Å². The van der Waals surface area contributed by atoms with E-state index in [0.717, 1.165) is 31.8 Å². The van der Waals surface area contributed by atoms with Crippen LogP contribution in [0.4, 0.5) is 0 Å². The Morgan fingerprint density at radius 1 is 1.29 bits per heavy atom. The molecule has 1 heterocycles. The summed E-state index contributed by atoms with van der Waals surface area (Å²) in [5.41, 5.74) is 6.12. The van der Waals surface area contributed by atoms with Gasteiger partial charge in [-0.1, -0.05) is 0 Å². The highest BCUT2D eigenvalue weighted by Gasteiger charge is 2.43. The molecule has 1 amide bonds. The van der Waals surface area contributed by atoms with E-state index in [1.54, 1.807) is 0 Å². The zero-order valence-electron chi connectivity index (χ0n) is 10.6. The number of nitrogens with zero attached hydrogens (tertiary/aromatic N) is 1. The third kappa shape index (κ3) is 2.20. The van der Waals surface area contributed by atoms with Gasteiger partial charge in [0.2, 0.25) is 5.91 Å². The zero-order valence-corrected chi connectivity index (χ0v) is 10.6. The van der Waals surface area contributed by atoms with E-state index in [2.05, 4.69) is 10.2 Å². The van der Waals surface area contributed by atoms with Crippen LogP contribution >= 0.6 is 0 Å². The van der Waals surface area contributed by atoms with Crippen molar-refractivity contribution < 1.29 is 4.79 Å². The van der Waals surface area contributed by atoms with E-state index in [4.69, 9.17) is 5.73 Å². The molecule has 0 bridgehead atoms. The zero-order chi connectivity index (χ0) is 12.0. The molecule has 3 aliphatic rings. The fourth-order valence-electron chi connectivity index (χ4n) is 3.37. The third-order valence-corrected chi connectivity index (χ3v) is 4.79. The number of rotatable bonds is 3. The van der Waals surface area contributed by atoms with Gasteiger partial charge in [0.05, 0.1) is 6.04 Å². The predicted octanol–water partition coefficient (Wildman–Crippen LogP) is 0.323. The van der Waals surface area contributed by atoms with Crippen molar-refractivity contribution in [1.82, 2.24) is 10.2 Å². The summed E-state index contributed by atoms with van der Waals surface area (Å²) in [4.78, 5) is 14.3. The first-order valence-electron chi connectivity index (χ1n) is 6.95. The largest absolute Gasteiger partial charge is 0.352 e. The van der Waals surface area contributed by atoms with Crippen LogP contribution in [0.5, 0.6) is 0 Å². The summed E-state index contributed by atoms with van der Waals surface area (Å²) in [6, 6.07) is 0.853. The van der Waals surface area contributed by atoms with Crippen molar-refractivity contribution in [2.24, 2.45) is 17.6 Å². The highest BCUT2D eigenvalue weighted by atomic mass is 16.2. The number of amides is 1. The second-order valence-corrected chi connectivity index (χ2v) is 6.08. The average Bonchev–Trinajstić information content (AvgIpc) is 2.90. The second-order valence-electron chi connectivity index (χ2n) is 6.08. The minimum Gasteiger partial charge on any atom is -0.352 e. The Kier molecular flexibility index (Phi) is 2.87. The Labute approximate surface area is 103 Å². The van der Waals surface area contributed by atoms with Crippen molar-refractivity contribution in [2.75, 3.05) is 13.1 Å². The van der Waals surface area contributed by atoms with Gasteiger partial charge in [-0.15, -0.1) is 0 Å². The molecule has 3 fully saturated rings. The molecule has 1 aliphatic heterocycles. The number of carbonyl (C=O) groups excluding carboxylic acids is 1. The first-order chi connectivity index (χ1) is 8.15. The Hall–Kier alpha value is -0.610. The molecule has 3 rings (SSSR count). The van der Waals surface area contributed by atoms with Gasteiger partial charge >= 0.3 is 0 Å². The molecule has 4 unspecified atom stereocenters. The van der Waals surface area contributed by atoms with E-state index < -0.39 is 0 Å². The number of nitrogens with two attached hydrogens (primary N) is 1. The SMILES string of the molecule is CC(C(=O)NC1CC1)N1CC2CCC(N)C2C1. The molecule has 17 heavy (non-hydrogen) atoms. The lowest BCUT2D eigenvalue weighted by atomic mass is 9.98. The van der Waals surface area contributed by atoms with Crippen LogP contribution in [0.2, 0.25) is 0 Å². The van der Waals surface area contributed by atoms with E-state index in [-0.39, 0.29) is 11.9 Å². The molecule has 0 spiro atoms. The van der Waals surface area contributed by atoms with Gasteiger partial charge in [0.1, 0.15) is 0 Å². The van der Waals surface area contributed by atoms with Crippen molar-refractivity contribution in [3.05, 3.63) is 0 Å². The Balaban J connectivity index is 1.56. The average molecular weight is 237 g/mol. The Morgan fingerprint density at radius 3 is 2.71 bits per heavy atom. The molecular weight excluding hydrogens is 214 g/mol. The van der Waals surface area contributed by atoms with E-state index in [0.29, 0.717) is 18.0 Å². The minimum atomic E-state index is 0.0217. The normalized spacial score (nSPS) is 39.1. The summed E-state index contributed by atoms with van der Waals surface area (Å²) < 4.78 is 0. The number of hydrogen-bond donors (Lipinski definition) is 2. The smallest absolute Gasteiger partial charge is 0.237 e. The van der Waals surface area contributed by atoms with Crippen LogP contribution in [0.1, 0.15) is 32.6 Å². The topological polar surface area (TPSA) is 58.4 Å². The van der Waals surface area contributed by atoms with Crippen molar-refractivity contribution in [3.63, 3.8) is 0 Å². The molecule has 0 aromatic rings. The predicted molar refractivity (Wildman–Crippen MR) is 66.4 cm³/mol. The van der Waals surface area contributed by atoms with Crippen LogP contribution in [-0.4, -0.2) is 42.0 Å². The van der Waals surface area contributed by atoms with E-state index >= 15 is 0 Å². The lowest BCUT2D eigenvalue weighted by molar-refractivity contribution is -0.125. The summed E-state index contributed by atoms with van der Waals surface area (Å²) in [6.45, 7) is 4.12. The van der Waals surface area contributed by atoms with Gasteiger partial charge < -0.3 is 11.1 Å². The molecule has 0 radical (unpaired) electrons. The van der Waals surface area contributed by atoms with E-state index in [1.807, 2.05) is 6.92 Å². The van der Waals surface area contributed by atoms with Gasteiger partial charge in [-0.05, 0) is 44.4 Å². The van der Waals surface area contributed by atoms with Gasteiger partial charge in [0.15, 0.2) is 0 Å². The summed E-state index contributed by atoms with van der Waals surface area (Å²) in [7, 11) is 0. The summed E-state index contributed by atoms with van der Waals surface area (Å²) in [5.74, 6) is 1.58. The third-order valence-electron chi connectivity index (χ3n) is 4.79. The fraction of sp³-hybridized carbons (Fsp3) is 0.923. The summed E-state index contributed by atoms with van der Waals surface area (Å²) in [6.07, 6.45) is 4.74. The highest BCUT2D eigenvalue weighted by Crippen LogP contribution is 2.37. The van der Waals surface area contributed by atoms with Crippen molar-refractivity contribution in [1.29, 1.82) is 0 Å². The van der Waals surface area contributed by atoms with Crippen molar-refractivity contribution in [2.45, 2.75) is 50.7 Å². The maximum Gasteiger partial charge on any atom is 0.237 e.